The van der Waals surface area contributed by atoms with Crippen molar-refractivity contribution in [1.82, 2.24) is 10.6 Å². The van der Waals surface area contributed by atoms with E-state index in [-0.39, 0.29) is 12.6 Å². The molecule has 1 aromatic carbocycles. The molecule has 0 saturated heterocycles. The smallest absolute Gasteiger partial charge is 0.314 e. The van der Waals surface area contributed by atoms with Crippen LogP contribution in [0.1, 0.15) is 55.1 Å². The molecule has 0 bridgehead atoms. The fraction of sp³-hybridized carbons (Fsp3) is 0.556. The van der Waals surface area contributed by atoms with Gasteiger partial charge in [-0.15, -0.1) is 0 Å². The molecule has 0 radical (unpaired) electrons. The summed E-state index contributed by atoms with van der Waals surface area (Å²) in [5.74, 6) is -0.473. The standard InChI is InChI=1S/C18H25ClN2O3/c1-20-18(23)21-11-15(17(22)24-2)13-8-9-14(16(19)10-13)12-6-4-3-5-7-12/h8-10,12,15H,3-7,11H2,1-2H3,(H2,20,21,23). The first kappa shape index (κ1) is 18.6. The predicted molar refractivity (Wildman–Crippen MR) is 94.5 cm³/mol. The van der Waals surface area contributed by atoms with E-state index in [9.17, 15) is 9.59 Å². The number of urea groups is 1. The first-order valence-electron chi connectivity index (χ1n) is 8.39. The first-order chi connectivity index (χ1) is 11.6. The highest BCUT2D eigenvalue weighted by atomic mass is 35.5. The highest BCUT2D eigenvalue weighted by molar-refractivity contribution is 6.31. The normalized spacial score (nSPS) is 16.3. The van der Waals surface area contributed by atoms with Crippen LogP contribution in [0.5, 0.6) is 0 Å². The Kier molecular flexibility index (Phi) is 6.91. The lowest BCUT2D eigenvalue weighted by Crippen LogP contribution is -2.37. The van der Waals surface area contributed by atoms with Crippen molar-refractivity contribution >= 4 is 23.6 Å². The van der Waals surface area contributed by atoms with E-state index in [0.29, 0.717) is 10.9 Å². The average Bonchev–Trinajstić information content (AvgIpc) is 2.62. The van der Waals surface area contributed by atoms with Gasteiger partial charge in [0.15, 0.2) is 0 Å². The molecule has 5 nitrogen and oxygen atoms in total. The molecule has 0 aromatic heterocycles. The minimum atomic E-state index is -0.579. The van der Waals surface area contributed by atoms with Gasteiger partial charge in [-0.05, 0) is 36.0 Å². The number of hydrogen-bond acceptors (Lipinski definition) is 3. The second kappa shape index (κ2) is 8.92. The van der Waals surface area contributed by atoms with E-state index in [1.54, 1.807) is 0 Å². The summed E-state index contributed by atoms with van der Waals surface area (Å²) in [5, 5.41) is 5.80. The Balaban J connectivity index is 2.18. The topological polar surface area (TPSA) is 67.4 Å². The van der Waals surface area contributed by atoms with Gasteiger partial charge in [0.25, 0.3) is 0 Å². The summed E-state index contributed by atoms with van der Waals surface area (Å²) in [7, 11) is 2.87. The number of halogens is 1. The van der Waals surface area contributed by atoms with E-state index in [1.165, 1.54) is 33.4 Å². The molecule has 2 amide bonds. The molecule has 1 aliphatic carbocycles. The van der Waals surface area contributed by atoms with Crippen LogP contribution in [0, 0.1) is 0 Å². The van der Waals surface area contributed by atoms with Crippen molar-refractivity contribution in [2.24, 2.45) is 0 Å². The number of hydrogen-bond donors (Lipinski definition) is 2. The van der Waals surface area contributed by atoms with Crippen molar-refractivity contribution in [3.63, 3.8) is 0 Å². The minimum Gasteiger partial charge on any atom is -0.468 e. The third kappa shape index (κ3) is 4.63. The number of esters is 1. The van der Waals surface area contributed by atoms with Gasteiger partial charge >= 0.3 is 12.0 Å². The number of methoxy groups -OCH3 is 1. The SMILES string of the molecule is CNC(=O)NCC(C(=O)OC)c1ccc(C2CCCCC2)c(Cl)c1. The monoisotopic (exact) mass is 352 g/mol. The summed E-state index contributed by atoms with van der Waals surface area (Å²) in [4.78, 5) is 23.5. The van der Waals surface area contributed by atoms with Crippen LogP contribution < -0.4 is 10.6 Å². The lowest BCUT2D eigenvalue weighted by molar-refractivity contribution is -0.142. The molecular weight excluding hydrogens is 328 g/mol. The van der Waals surface area contributed by atoms with Crippen LogP contribution >= 0.6 is 11.6 Å². The Hall–Kier alpha value is -1.75. The lowest BCUT2D eigenvalue weighted by atomic mass is 9.83. The van der Waals surface area contributed by atoms with Gasteiger partial charge in [-0.2, -0.15) is 0 Å². The Morgan fingerprint density at radius 1 is 1.29 bits per heavy atom. The van der Waals surface area contributed by atoms with E-state index < -0.39 is 11.9 Å². The maximum atomic E-state index is 12.1. The number of carbonyl (C=O) groups is 2. The number of rotatable bonds is 5. The Bertz CT molecular complexity index is 586. The summed E-state index contributed by atoms with van der Waals surface area (Å²) >= 11 is 6.49. The molecule has 0 aliphatic heterocycles. The Morgan fingerprint density at radius 3 is 2.58 bits per heavy atom. The molecule has 1 atom stereocenters. The highest BCUT2D eigenvalue weighted by Gasteiger charge is 2.24. The van der Waals surface area contributed by atoms with Crippen molar-refractivity contribution in [3.05, 3.63) is 34.3 Å². The molecule has 0 spiro atoms. The third-order valence-electron chi connectivity index (χ3n) is 4.65. The van der Waals surface area contributed by atoms with Crippen LogP contribution in [0.25, 0.3) is 0 Å². The number of nitrogens with one attached hydrogen (secondary N) is 2. The van der Waals surface area contributed by atoms with E-state index in [0.717, 1.165) is 24.0 Å². The number of ether oxygens (including phenoxy) is 1. The van der Waals surface area contributed by atoms with E-state index in [2.05, 4.69) is 10.6 Å². The van der Waals surface area contributed by atoms with Crippen molar-refractivity contribution in [3.8, 4) is 0 Å². The van der Waals surface area contributed by atoms with Gasteiger partial charge < -0.3 is 15.4 Å². The summed E-state index contributed by atoms with van der Waals surface area (Å²) in [6, 6.07) is 5.43. The molecule has 1 aliphatic rings. The van der Waals surface area contributed by atoms with Crippen LogP contribution in [0.4, 0.5) is 4.79 Å². The van der Waals surface area contributed by atoms with Gasteiger partial charge in [0, 0.05) is 18.6 Å². The molecule has 2 rings (SSSR count). The molecule has 0 heterocycles. The number of benzene rings is 1. The molecule has 1 fully saturated rings. The fourth-order valence-corrected chi connectivity index (χ4v) is 3.61. The minimum absolute atomic E-state index is 0.158. The fourth-order valence-electron chi connectivity index (χ4n) is 3.27. The van der Waals surface area contributed by atoms with E-state index in [1.807, 2.05) is 18.2 Å². The Morgan fingerprint density at radius 2 is 2.00 bits per heavy atom. The van der Waals surface area contributed by atoms with Crippen LogP contribution in [0.15, 0.2) is 18.2 Å². The zero-order valence-corrected chi connectivity index (χ0v) is 15.0. The van der Waals surface area contributed by atoms with Gasteiger partial charge in [-0.25, -0.2) is 4.79 Å². The van der Waals surface area contributed by atoms with Crippen molar-refractivity contribution in [2.75, 3.05) is 20.7 Å². The predicted octanol–water partition coefficient (Wildman–Crippen LogP) is 3.57. The molecule has 132 valence electrons. The van der Waals surface area contributed by atoms with Crippen LogP contribution in [0.3, 0.4) is 0 Å². The van der Waals surface area contributed by atoms with E-state index in [4.69, 9.17) is 16.3 Å². The second-order valence-electron chi connectivity index (χ2n) is 6.15. The number of carbonyl (C=O) groups excluding carboxylic acids is 2. The second-order valence-corrected chi connectivity index (χ2v) is 6.56. The van der Waals surface area contributed by atoms with Crippen LogP contribution in [-0.2, 0) is 9.53 Å². The Labute approximate surface area is 148 Å². The summed E-state index contributed by atoms with van der Waals surface area (Å²) in [6.45, 7) is 0.158. The van der Waals surface area contributed by atoms with E-state index >= 15 is 0 Å². The first-order valence-corrected chi connectivity index (χ1v) is 8.77. The molecule has 1 aromatic rings. The van der Waals surface area contributed by atoms with Gasteiger partial charge in [-0.3, -0.25) is 4.79 Å². The third-order valence-corrected chi connectivity index (χ3v) is 4.98. The van der Waals surface area contributed by atoms with Crippen molar-refractivity contribution in [2.45, 2.75) is 43.9 Å². The van der Waals surface area contributed by atoms with Crippen molar-refractivity contribution < 1.29 is 14.3 Å². The molecule has 6 heteroatoms. The largest absolute Gasteiger partial charge is 0.468 e. The van der Waals surface area contributed by atoms with Gasteiger partial charge in [0.2, 0.25) is 0 Å². The lowest BCUT2D eigenvalue weighted by Gasteiger charge is -2.24. The molecular formula is C18H25ClN2O3. The maximum absolute atomic E-state index is 12.1. The van der Waals surface area contributed by atoms with Crippen LogP contribution in [0.2, 0.25) is 5.02 Å². The van der Waals surface area contributed by atoms with Crippen molar-refractivity contribution in [1.29, 1.82) is 0 Å². The molecule has 1 unspecified atom stereocenters. The molecule has 24 heavy (non-hydrogen) atoms. The average molecular weight is 353 g/mol. The maximum Gasteiger partial charge on any atom is 0.314 e. The zero-order chi connectivity index (χ0) is 17.5. The van der Waals surface area contributed by atoms with Gasteiger partial charge in [0.05, 0.1) is 13.0 Å². The highest BCUT2D eigenvalue weighted by Crippen LogP contribution is 2.37. The number of amides is 2. The quantitative estimate of drug-likeness (QED) is 0.796. The molecule has 1 saturated carbocycles. The zero-order valence-electron chi connectivity index (χ0n) is 14.2. The molecule has 2 N–H and O–H groups in total. The van der Waals surface area contributed by atoms with Gasteiger partial charge in [-0.1, -0.05) is 43.0 Å². The summed E-state index contributed by atoms with van der Waals surface area (Å²) < 4.78 is 4.87. The summed E-state index contributed by atoms with van der Waals surface area (Å²) in [5.41, 5.74) is 1.91. The van der Waals surface area contributed by atoms with Crippen LogP contribution in [-0.4, -0.2) is 32.7 Å². The van der Waals surface area contributed by atoms with Gasteiger partial charge in [0.1, 0.15) is 0 Å². The summed E-state index contributed by atoms with van der Waals surface area (Å²) in [6.07, 6.45) is 6.10.